The van der Waals surface area contributed by atoms with Crippen LogP contribution in [0.15, 0.2) is 43.0 Å². The van der Waals surface area contributed by atoms with Crippen LogP contribution >= 0.6 is 0 Å². The molecule has 0 amide bonds. The molecule has 3 heterocycles. The first-order valence-corrected chi connectivity index (χ1v) is 4.97. The Bertz CT molecular complexity index is 628. The van der Waals surface area contributed by atoms with Gasteiger partial charge in [-0.05, 0) is 23.8 Å². The molecule has 0 saturated carbocycles. The van der Waals surface area contributed by atoms with E-state index < -0.39 is 0 Å². The van der Waals surface area contributed by atoms with Gasteiger partial charge in [0.25, 0.3) is 0 Å². The van der Waals surface area contributed by atoms with Crippen LogP contribution < -0.4 is 5.73 Å². The van der Waals surface area contributed by atoms with Crippen LogP contribution in [0.1, 0.15) is 0 Å². The van der Waals surface area contributed by atoms with E-state index in [0.717, 1.165) is 22.2 Å². The molecule has 0 spiro atoms. The SMILES string of the molecule is Nc1cnc2[nH]cc(-c3ccncc3)c2c1. The maximum Gasteiger partial charge on any atom is 0.138 e. The monoisotopic (exact) mass is 210 g/mol. The first-order chi connectivity index (χ1) is 7.84. The van der Waals surface area contributed by atoms with Gasteiger partial charge in [-0.3, -0.25) is 4.98 Å². The van der Waals surface area contributed by atoms with Gasteiger partial charge in [-0.25, -0.2) is 4.98 Å². The summed E-state index contributed by atoms with van der Waals surface area (Å²) in [6.07, 6.45) is 7.13. The topological polar surface area (TPSA) is 67.6 Å². The Morgan fingerprint density at radius 1 is 1.19 bits per heavy atom. The van der Waals surface area contributed by atoms with Crippen LogP contribution in [0.3, 0.4) is 0 Å². The van der Waals surface area contributed by atoms with Gasteiger partial charge in [-0.2, -0.15) is 0 Å². The molecule has 0 aliphatic carbocycles. The minimum Gasteiger partial charge on any atom is -0.397 e. The van der Waals surface area contributed by atoms with Crippen molar-refractivity contribution >= 4 is 16.7 Å². The number of hydrogen-bond donors (Lipinski definition) is 2. The van der Waals surface area contributed by atoms with Gasteiger partial charge in [-0.15, -0.1) is 0 Å². The minimum absolute atomic E-state index is 0.669. The number of aromatic nitrogens is 3. The quantitative estimate of drug-likeness (QED) is 0.647. The van der Waals surface area contributed by atoms with Crippen molar-refractivity contribution in [2.45, 2.75) is 0 Å². The lowest BCUT2D eigenvalue weighted by molar-refractivity contribution is 1.32. The summed E-state index contributed by atoms with van der Waals surface area (Å²) in [5, 5.41) is 1.03. The Balaban J connectivity index is 2.29. The minimum atomic E-state index is 0.669. The lowest BCUT2D eigenvalue weighted by atomic mass is 10.1. The Hall–Kier alpha value is -2.36. The fourth-order valence-corrected chi connectivity index (χ4v) is 1.79. The molecule has 4 heteroatoms. The molecule has 0 saturated heterocycles. The van der Waals surface area contributed by atoms with Gasteiger partial charge in [0.2, 0.25) is 0 Å². The number of nitrogens with one attached hydrogen (secondary N) is 1. The van der Waals surface area contributed by atoms with E-state index in [4.69, 9.17) is 5.73 Å². The van der Waals surface area contributed by atoms with Crippen molar-refractivity contribution < 1.29 is 0 Å². The molecule has 4 nitrogen and oxygen atoms in total. The van der Waals surface area contributed by atoms with Crippen molar-refractivity contribution in [3.8, 4) is 11.1 Å². The lowest BCUT2D eigenvalue weighted by Crippen LogP contribution is -1.86. The molecule has 0 aromatic carbocycles. The average Bonchev–Trinajstić information content (AvgIpc) is 2.73. The summed E-state index contributed by atoms with van der Waals surface area (Å²) in [5.74, 6) is 0. The molecular formula is C12H10N4. The average molecular weight is 210 g/mol. The molecule has 0 unspecified atom stereocenters. The fraction of sp³-hybridized carbons (Fsp3) is 0. The standard InChI is InChI=1S/C12H10N4/c13-9-5-10-11(7-16-12(10)15-6-9)8-1-3-14-4-2-8/h1-7H,13H2,(H,15,16). The Morgan fingerprint density at radius 2 is 2.00 bits per heavy atom. The van der Waals surface area contributed by atoms with Crippen molar-refractivity contribution in [3.63, 3.8) is 0 Å². The van der Waals surface area contributed by atoms with Crippen LogP contribution in [0.5, 0.6) is 0 Å². The summed E-state index contributed by atoms with van der Waals surface area (Å²) in [6.45, 7) is 0. The predicted octanol–water partition coefficient (Wildman–Crippen LogP) is 2.21. The molecule has 78 valence electrons. The molecule has 0 radical (unpaired) electrons. The second-order valence-corrected chi connectivity index (χ2v) is 3.60. The zero-order valence-corrected chi connectivity index (χ0v) is 8.51. The van der Waals surface area contributed by atoms with Crippen LogP contribution in [-0.4, -0.2) is 15.0 Å². The molecule has 3 N–H and O–H groups in total. The molecule has 0 fully saturated rings. The normalized spacial score (nSPS) is 10.8. The second-order valence-electron chi connectivity index (χ2n) is 3.60. The number of H-pyrrole nitrogens is 1. The third-order valence-corrected chi connectivity index (χ3v) is 2.54. The largest absolute Gasteiger partial charge is 0.397 e. The lowest BCUT2D eigenvalue weighted by Gasteiger charge is -1.98. The van der Waals surface area contributed by atoms with Crippen molar-refractivity contribution in [1.82, 2.24) is 15.0 Å². The zero-order chi connectivity index (χ0) is 11.0. The van der Waals surface area contributed by atoms with Gasteiger partial charge in [0.15, 0.2) is 0 Å². The van der Waals surface area contributed by atoms with Crippen molar-refractivity contribution in [3.05, 3.63) is 43.0 Å². The molecule has 3 aromatic heterocycles. The van der Waals surface area contributed by atoms with E-state index >= 15 is 0 Å². The first-order valence-electron chi connectivity index (χ1n) is 4.97. The highest BCUT2D eigenvalue weighted by molar-refractivity contribution is 5.94. The van der Waals surface area contributed by atoms with Gasteiger partial charge in [0, 0.05) is 29.5 Å². The zero-order valence-electron chi connectivity index (χ0n) is 8.51. The van der Waals surface area contributed by atoms with E-state index in [9.17, 15) is 0 Å². The highest BCUT2D eigenvalue weighted by Crippen LogP contribution is 2.27. The third-order valence-electron chi connectivity index (χ3n) is 2.54. The molecule has 3 aromatic rings. The van der Waals surface area contributed by atoms with Gasteiger partial charge in [-0.1, -0.05) is 0 Å². The van der Waals surface area contributed by atoms with E-state index in [1.807, 2.05) is 24.4 Å². The smallest absolute Gasteiger partial charge is 0.138 e. The summed E-state index contributed by atoms with van der Waals surface area (Å²) in [5.41, 5.74) is 9.46. The van der Waals surface area contributed by atoms with E-state index in [1.165, 1.54) is 0 Å². The highest BCUT2D eigenvalue weighted by Gasteiger charge is 2.06. The van der Waals surface area contributed by atoms with Gasteiger partial charge in [0.1, 0.15) is 5.65 Å². The molecule has 0 aliphatic heterocycles. The van der Waals surface area contributed by atoms with E-state index in [2.05, 4.69) is 15.0 Å². The number of hydrogen-bond acceptors (Lipinski definition) is 3. The Kier molecular flexibility index (Phi) is 1.86. The summed E-state index contributed by atoms with van der Waals surface area (Å²) < 4.78 is 0. The summed E-state index contributed by atoms with van der Waals surface area (Å²) in [6, 6.07) is 5.85. The van der Waals surface area contributed by atoms with Crippen LogP contribution in [0.4, 0.5) is 5.69 Å². The van der Waals surface area contributed by atoms with Crippen LogP contribution in [-0.2, 0) is 0 Å². The van der Waals surface area contributed by atoms with Crippen molar-refractivity contribution in [2.24, 2.45) is 0 Å². The number of nitrogens with zero attached hydrogens (tertiary/aromatic N) is 2. The Morgan fingerprint density at radius 3 is 2.81 bits per heavy atom. The molecule has 16 heavy (non-hydrogen) atoms. The van der Waals surface area contributed by atoms with E-state index in [-0.39, 0.29) is 0 Å². The molecular weight excluding hydrogens is 200 g/mol. The van der Waals surface area contributed by atoms with E-state index in [0.29, 0.717) is 5.69 Å². The molecule has 0 aliphatic rings. The van der Waals surface area contributed by atoms with Crippen LogP contribution in [0.25, 0.3) is 22.2 Å². The maximum absolute atomic E-state index is 5.74. The summed E-state index contributed by atoms with van der Waals surface area (Å²) in [7, 11) is 0. The number of pyridine rings is 2. The Labute approximate surface area is 92.2 Å². The van der Waals surface area contributed by atoms with Gasteiger partial charge < -0.3 is 10.7 Å². The number of rotatable bonds is 1. The predicted molar refractivity (Wildman–Crippen MR) is 63.7 cm³/mol. The van der Waals surface area contributed by atoms with E-state index in [1.54, 1.807) is 18.6 Å². The highest BCUT2D eigenvalue weighted by atomic mass is 14.8. The van der Waals surface area contributed by atoms with Crippen molar-refractivity contribution in [2.75, 3.05) is 5.73 Å². The number of aromatic amines is 1. The first kappa shape index (κ1) is 8.91. The van der Waals surface area contributed by atoms with Gasteiger partial charge >= 0.3 is 0 Å². The number of nitrogen functional groups attached to an aromatic ring is 1. The second kappa shape index (κ2) is 3.34. The number of fused-ring (bicyclic) bond motifs is 1. The number of nitrogens with two attached hydrogens (primary N) is 1. The molecule has 0 atom stereocenters. The van der Waals surface area contributed by atoms with Crippen LogP contribution in [0.2, 0.25) is 0 Å². The maximum atomic E-state index is 5.74. The molecule has 3 rings (SSSR count). The van der Waals surface area contributed by atoms with Crippen LogP contribution in [0, 0.1) is 0 Å². The van der Waals surface area contributed by atoms with Gasteiger partial charge in [0.05, 0.1) is 11.9 Å². The van der Waals surface area contributed by atoms with Crippen molar-refractivity contribution in [1.29, 1.82) is 0 Å². The summed E-state index contributed by atoms with van der Waals surface area (Å²) >= 11 is 0. The fourth-order valence-electron chi connectivity index (χ4n) is 1.79. The summed E-state index contributed by atoms with van der Waals surface area (Å²) in [4.78, 5) is 11.4. The molecule has 0 bridgehead atoms. The number of anilines is 1. The third kappa shape index (κ3) is 1.32.